The molecule has 0 aliphatic heterocycles. The number of rotatable bonds is 1. The van der Waals surface area contributed by atoms with E-state index >= 15 is 0 Å². The summed E-state index contributed by atoms with van der Waals surface area (Å²) in [5, 5.41) is 7.08. The normalized spacial score (nSPS) is 10.9. The third-order valence-corrected chi connectivity index (χ3v) is 2.82. The quantitative estimate of drug-likeness (QED) is 0.658. The Hall–Kier alpha value is -2.21. The van der Waals surface area contributed by atoms with Crippen molar-refractivity contribution in [2.75, 3.05) is 0 Å². The molecule has 0 saturated heterocycles. The average Bonchev–Trinajstić information content (AvgIpc) is 2.75. The third kappa shape index (κ3) is 1.76. The van der Waals surface area contributed by atoms with Gasteiger partial charge in [-0.15, -0.1) is 5.10 Å². The van der Waals surface area contributed by atoms with Crippen molar-refractivity contribution < 1.29 is 4.42 Å². The Balaban J connectivity index is 2.29. The number of benzene rings is 1. The molecule has 5 nitrogen and oxygen atoms in total. The van der Waals surface area contributed by atoms with Crippen molar-refractivity contribution >= 4 is 23.1 Å². The number of fused-ring (bicyclic) bond motifs is 1. The summed E-state index contributed by atoms with van der Waals surface area (Å²) in [6.07, 6.45) is 0. The summed E-state index contributed by atoms with van der Waals surface area (Å²) < 4.78 is 5.22. The summed E-state index contributed by atoms with van der Waals surface area (Å²) in [4.78, 5) is 15.2. The van der Waals surface area contributed by atoms with Crippen LogP contribution in [0.1, 0.15) is 5.69 Å². The highest BCUT2D eigenvalue weighted by Crippen LogP contribution is 2.20. The molecule has 2 N–H and O–H groups in total. The summed E-state index contributed by atoms with van der Waals surface area (Å²) in [5.41, 5.74) is 2.30. The molecule has 90 valence electrons. The van der Waals surface area contributed by atoms with Crippen molar-refractivity contribution in [1.82, 2.24) is 15.2 Å². The minimum Gasteiger partial charge on any atom is -0.409 e. The number of aryl methyl sites for hydroxylation is 1. The molecule has 3 rings (SSSR count). The van der Waals surface area contributed by atoms with Gasteiger partial charge in [0.15, 0.2) is 5.43 Å². The maximum absolute atomic E-state index is 11.9. The summed E-state index contributed by atoms with van der Waals surface area (Å²) in [6.45, 7) is 1.85. The summed E-state index contributed by atoms with van der Waals surface area (Å²) in [5.74, 6) is 0.377. The molecule has 6 heteroatoms. The number of aromatic amines is 2. The highest BCUT2D eigenvalue weighted by atomic mass is 32.1. The first-order valence-corrected chi connectivity index (χ1v) is 5.74. The van der Waals surface area contributed by atoms with Crippen LogP contribution in [-0.4, -0.2) is 15.2 Å². The van der Waals surface area contributed by atoms with Gasteiger partial charge in [-0.25, -0.2) is 5.10 Å². The summed E-state index contributed by atoms with van der Waals surface area (Å²) in [7, 11) is 0. The van der Waals surface area contributed by atoms with Crippen LogP contribution < -0.4 is 5.43 Å². The molecule has 0 amide bonds. The van der Waals surface area contributed by atoms with Crippen molar-refractivity contribution in [1.29, 1.82) is 0 Å². The second kappa shape index (κ2) is 3.92. The highest BCUT2D eigenvalue weighted by Gasteiger charge is 2.07. The SMILES string of the molecule is Cc1cc(=O)c2cc(-c3n[nH]c(=S)o3)ccc2[nH]1. The smallest absolute Gasteiger partial charge is 0.284 e. The Morgan fingerprint density at radius 1 is 1.33 bits per heavy atom. The predicted molar refractivity (Wildman–Crippen MR) is 70.0 cm³/mol. The van der Waals surface area contributed by atoms with E-state index in [4.69, 9.17) is 16.6 Å². The van der Waals surface area contributed by atoms with Gasteiger partial charge in [-0.3, -0.25) is 4.79 Å². The fourth-order valence-corrected chi connectivity index (χ4v) is 1.99. The van der Waals surface area contributed by atoms with E-state index in [2.05, 4.69) is 15.2 Å². The Morgan fingerprint density at radius 2 is 2.17 bits per heavy atom. The van der Waals surface area contributed by atoms with E-state index in [1.807, 2.05) is 19.1 Å². The van der Waals surface area contributed by atoms with Gasteiger partial charge >= 0.3 is 0 Å². The maximum Gasteiger partial charge on any atom is 0.284 e. The Morgan fingerprint density at radius 3 is 2.89 bits per heavy atom. The molecule has 0 spiro atoms. The number of hydrogen-bond acceptors (Lipinski definition) is 4. The van der Waals surface area contributed by atoms with Gasteiger partial charge in [0, 0.05) is 28.2 Å². The highest BCUT2D eigenvalue weighted by molar-refractivity contribution is 7.71. The van der Waals surface area contributed by atoms with Gasteiger partial charge in [0.25, 0.3) is 4.84 Å². The minimum atomic E-state index is -0.0303. The Kier molecular flexibility index (Phi) is 2.38. The van der Waals surface area contributed by atoms with Gasteiger partial charge in [-0.2, -0.15) is 0 Å². The first-order chi connectivity index (χ1) is 8.63. The molecule has 0 fully saturated rings. The second-order valence-electron chi connectivity index (χ2n) is 4.00. The maximum atomic E-state index is 11.9. The fourth-order valence-electron chi connectivity index (χ4n) is 1.87. The minimum absolute atomic E-state index is 0.0303. The molecule has 0 bridgehead atoms. The van der Waals surface area contributed by atoms with Crippen molar-refractivity contribution in [3.63, 3.8) is 0 Å². The third-order valence-electron chi connectivity index (χ3n) is 2.65. The molecule has 0 atom stereocenters. The van der Waals surface area contributed by atoms with Crippen molar-refractivity contribution in [3.8, 4) is 11.5 Å². The van der Waals surface area contributed by atoms with Crippen LogP contribution in [0, 0.1) is 11.8 Å². The second-order valence-corrected chi connectivity index (χ2v) is 4.37. The molecule has 2 heterocycles. The molecule has 0 unspecified atom stereocenters. The van der Waals surface area contributed by atoms with E-state index in [0.29, 0.717) is 16.8 Å². The zero-order chi connectivity index (χ0) is 12.7. The predicted octanol–water partition coefficient (Wildman–Crippen LogP) is 2.55. The molecule has 0 saturated carbocycles. The lowest BCUT2D eigenvalue weighted by Gasteiger charge is -2.01. The van der Waals surface area contributed by atoms with E-state index in [1.165, 1.54) is 0 Å². The van der Waals surface area contributed by atoms with Gasteiger partial charge in [0.05, 0.1) is 0 Å². The van der Waals surface area contributed by atoms with E-state index in [9.17, 15) is 4.79 Å². The van der Waals surface area contributed by atoms with Crippen molar-refractivity contribution in [2.45, 2.75) is 6.92 Å². The number of H-pyrrole nitrogens is 2. The number of pyridine rings is 1. The van der Waals surface area contributed by atoms with E-state index < -0.39 is 0 Å². The van der Waals surface area contributed by atoms with Crippen molar-refractivity contribution in [3.05, 3.63) is 45.0 Å². The Bertz CT molecular complexity index is 844. The van der Waals surface area contributed by atoms with Crippen LogP contribution in [0.4, 0.5) is 0 Å². The van der Waals surface area contributed by atoms with E-state index in [1.54, 1.807) is 12.1 Å². The zero-order valence-corrected chi connectivity index (χ0v) is 10.3. The standard InChI is InChI=1S/C12H9N3O2S/c1-6-4-10(16)8-5-7(2-3-9(8)13-6)11-14-15-12(18)17-11/h2-5H,1H3,(H,13,16)(H,15,18). The Labute approximate surface area is 106 Å². The van der Waals surface area contributed by atoms with Gasteiger partial charge in [0.2, 0.25) is 5.89 Å². The molecule has 1 aromatic carbocycles. The number of hydrogen-bond donors (Lipinski definition) is 2. The molecular weight excluding hydrogens is 250 g/mol. The first-order valence-electron chi connectivity index (χ1n) is 5.33. The molecule has 18 heavy (non-hydrogen) atoms. The van der Waals surface area contributed by atoms with Crippen LogP contribution in [-0.2, 0) is 0 Å². The molecule has 3 aromatic rings. The molecule has 2 aromatic heterocycles. The topological polar surface area (TPSA) is 74.7 Å². The lowest BCUT2D eigenvalue weighted by atomic mass is 10.1. The van der Waals surface area contributed by atoms with Gasteiger partial charge in [0.1, 0.15) is 0 Å². The summed E-state index contributed by atoms with van der Waals surface area (Å²) >= 11 is 4.82. The molecule has 0 aliphatic rings. The average molecular weight is 259 g/mol. The molecule has 0 radical (unpaired) electrons. The lowest BCUT2D eigenvalue weighted by Crippen LogP contribution is -2.02. The molecular formula is C12H9N3O2S. The lowest BCUT2D eigenvalue weighted by molar-refractivity contribution is 0.552. The van der Waals surface area contributed by atoms with Crippen LogP contribution in [0.2, 0.25) is 0 Å². The number of nitrogens with zero attached hydrogens (tertiary/aromatic N) is 1. The van der Waals surface area contributed by atoms with E-state index in [-0.39, 0.29) is 10.3 Å². The van der Waals surface area contributed by atoms with Crippen LogP contribution in [0.3, 0.4) is 0 Å². The van der Waals surface area contributed by atoms with Gasteiger partial charge in [-0.1, -0.05) is 0 Å². The van der Waals surface area contributed by atoms with Crippen LogP contribution in [0.15, 0.2) is 33.5 Å². The largest absolute Gasteiger partial charge is 0.409 e. The monoisotopic (exact) mass is 259 g/mol. The van der Waals surface area contributed by atoms with Crippen LogP contribution in [0.5, 0.6) is 0 Å². The first kappa shape index (κ1) is 10.9. The zero-order valence-electron chi connectivity index (χ0n) is 9.48. The number of aromatic nitrogens is 3. The number of nitrogens with one attached hydrogen (secondary N) is 2. The fraction of sp³-hybridized carbons (Fsp3) is 0.0833. The van der Waals surface area contributed by atoms with E-state index in [0.717, 1.165) is 11.2 Å². The summed E-state index contributed by atoms with van der Waals surface area (Å²) in [6, 6.07) is 6.95. The van der Waals surface area contributed by atoms with Crippen LogP contribution >= 0.6 is 12.2 Å². The molecule has 0 aliphatic carbocycles. The van der Waals surface area contributed by atoms with Gasteiger partial charge < -0.3 is 9.40 Å². The van der Waals surface area contributed by atoms with Gasteiger partial charge in [-0.05, 0) is 37.3 Å². The van der Waals surface area contributed by atoms with Crippen LogP contribution in [0.25, 0.3) is 22.4 Å². The van der Waals surface area contributed by atoms with Crippen molar-refractivity contribution in [2.24, 2.45) is 0 Å².